The van der Waals surface area contributed by atoms with E-state index in [2.05, 4.69) is 11.4 Å². The third-order valence-corrected chi connectivity index (χ3v) is 2.67. The number of rotatable bonds is 4. The summed E-state index contributed by atoms with van der Waals surface area (Å²) in [7, 11) is 1.66. The summed E-state index contributed by atoms with van der Waals surface area (Å²) in [4.78, 5) is 0. The van der Waals surface area contributed by atoms with Crippen molar-refractivity contribution in [3.05, 3.63) is 59.7 Å². The van der Waals surface area contributed by atoms with Gasteiger partial charge in [-0.15, -0.1) is 0 Å². The minimum atomic E-state index is 0.653. The van der Waals surface area contributed by atoms with Crippen LogP contribution in [-0.4, -0.2) is 7.11 Å². The van der Waals surface area contributed by atoms with Crippen LogP contribution in [0.25, 0.3) is 0 Å². The molecule has 1 N–H and O–H groups in total. The molecule has 0 saturated carbocycles. The van der Waals surface area contributed by atoms with Crippen molar-refractivity contribution in [2.75, 3.05) is 12.4 Å². The summed E-state index contributed by atoms with van der Waals surface area (Å²) in [6, 6.07) is 17.4. The second-order valence-electron chi connectivity index (χ2n) is 3.86. The van der Waals surface area contributed by atoms with E-state index in [9.17, 15) is 0 Å². The van der Waals surface area contributed by atoms with Crippen LogP contribution in [0.15, 0.2) is 48.5 Å². The smallest absolute Gasteiger partial charge is 0.123 e. The molecule has 2 aromatic rings. The zero-order chi connectivity index (χ0) is 12.8. The second kappa shape index (κ2) is 5.74. The summed E-state index contributed by atoms with van der Waals surface area (Å²) in [5.41, 5.74) is 2.67. The highest BCUT2D eigenvalue weighted by Crippen LogP contribution is 2.19. The van der Waals surface area contributed by atoms with Crippen LogP contribution < -0.4 is 10.1 Å². The molecule has 2 aromatic carbocycles. The lowest BCUT2D eigenvalue weighted by Crippen LogP contribution is -2.01. The maximum Gasteiger partial charge on any atom is 0.123 e. The minimum absolute atomic E-state index is 0.653. The van der Waals surface area contributed by atoms with Gasteiger partial charge < -0.3 is 10.1 Å². The summed E-state index contributed by atoms with van der Waals surface area (Å²) in [5.74, 6) is 0.862. The zero-order valence-corrected chi connectivity index (χ0v) is 10.2. The zero-order valence-electron chi connectivity index (χ0n) is 10.2. The quantitative estimate of drug-likeness (QED) is 0.889. The maximum atomic E-state index is 8.83. The first-order valence-corrected chi connectivity index (χ1v) is 5.69. The fraction of sp³-hybridized carbons (Fsp3) is 0.133. The molecule has 90 valence electrons. The molecule has 3 nitrogen and oxygen atoms in total. The standard InChI is InChI=1S/C15H14N2O/c1-18-15-8-3-2-6-13(15)11-17-14-7-4-5-12(9-14)10-16/h2-9,17H,11H2,1H3. The lowest BCUT2D eigenvalue weighted by molar-refractivity contribution is 0.410. The Balaban J connectivity index is 2.09. The molecule has 0 saturated heterocycles. The molecule has 0 radical (unpaired) electrons. The van der Waals surface area contributed by atoms with Crippen molar-refractivity contribution in [2.45, 2.75) is 6.54 Å². The van der Waals surface area contributed by atoms with E-state index in [1.165, 1.54) is 0 Å². The number of methoxy groups -OCH3 is 1. The first-order chi connectivity index (χ1) is 8.83. The number of nitrogens with one attached hydrogen (secondary N) is 1. The Labute approximate surface area is 107 Å². The molecule has 0 atom stereocenters. The van der Waals surface area contributed by atoms with Gasteiger partial charge in [-0.25, -0.2) is 0 Å². The second-order valence-corrected chi connectivity index (χ2v) is 3.86. The molecule has 18 heavy (non-hydrogen) atoms. The number of nitrogens with zero attached hydrogens (tertiary/aromatic N) is 1. The SMILES string of the molecule is COc1ccccc1CNc1cccc(C#N)c1. The van der Waals surface area contributed by atoms with Gasteiger partial charge in [0.15, 0.2) is 0 Å². The molecule has 3 heteroatoms. The predicted octanol–water partition coefficient (Wildman–Crippen LogP) is 3.18. The molecule has 0 aliphatic carbocycles. The van der Waals surface area contributed by atoms with Gasteiger partial charge in [0.25, 0.3) is 0 Å². The Morgan fingerprint density at radius 3 is 2.78 bits per heavy atom. The van der Waals surface area contributed by atoms with Crippen LogP contribution >= 0.6 is 0 Å². The number of nitriles is 1. The molecular formula is C15H14N2O. The van der Waals surface area contributed by atoms with Crippen LogP contribution in [0.1, 0.15) is 11.1 Å². The van der Waals surface area contributed by atoms with Gasteiger partial charge in [0.1, 0.15) is 5.75 Å². The molecule has 2 rings (SSSR count). The van der Waals surface area contributed by atoms with E-state index >= 15 is 0 Å². The molecule has 0 spiro atoms. The molecule has 0 aliphatic heterocycles. The minimum Gasteiger partial charge on any atom is -0.496 e. The van der Waals surface area contributed by atoms with Gasteiger partial charge in [-0.3, -0.25) is 0 Å². The number of hydrogen-bond acceptors (Lipinski definition) is 3. The molecule has 0 bridgehead atoms. The molecule has 0 fully saturated rings. The number of anilines is 1. The predicted molar refractivity (Wildman–Crippen MR) is 71.5 cm³/mol. The molecule has 0 heterocycles. The van der Waals surface area contributed by atoms with Gasteiger partial charge >= 0.3 is 0 Å². The van der Waals surface area contributed by atoms with E-state index in [4.69, 9.17) is 10.00 Å². The third kappa shape index (κ3) is 2.80. The Morgan fingerprint density at radius 1 is 1.17 bits per heavy atom. The monoisotopic (exact) mass is 238 g/mol. The average molecular weight is 238 g/mol. The summed E-state index contributed by atoms with van der Waals surface area (Å²) < 4.78 is 5.29. The molecule has 0 aromatic heterocycles. The summed E-state index contributed by atoms with van der Waals surface area (Å²) in [6.07, 6.45) is 0. The van der Waals surface area contributed by atoms with Crippen LogP contribution in [0.4, 0.5) is 5.69 Å². The largest absolute Gasteiger partial charge is 0.496 e. The Bertz CT molecular complexity index is 573. The topological polar surface area (TPSA) is 45.0 Å². The van der Waals surface area contributed by atoms with Gasteiger partial charge in [0.05, 0.1) is 18.7 Å². The first-order valence-electron chi connectivity index (χ1n) is 5.69. The van der Waals surface area contributed by atoms with Crippen LogP contribution in [0, 0.1) is 11.3 Å². The maximum absolute atomic E-state index is 8.83. The van der Waals surface area contributed by atoms with E-state index in [1.54, 1.807) is 13.2 Å². The van der Waals surface area contributed by atoms with Gasteiger partial charge in [-0.2, -0.15) is 5.26 Å². The molecular weight excluding hydrogens is 224 g/mol. The number of benzene rings is 2. The lowest BCUT2D eigenvalue weighted by atomic mass is 10.2. The fourth-order valence-electron chi connectivity index (χ4n) is 1.74. The lowest BCUT2D eigenvalue weighted by Gasteiger charge is -2.10. The molecule has 0 unspecified atom stereocenters. The van der Waals surface area contributed by atoms with Crippen molar-refractivity contribution < 1.29 is 4.74 Å². The average Bonchev–Trinajstić information content (AvgIpc) is 2.45. The highest BCUT2D eigenvalue weighted by Gasteiger charge is 2.01. The van der Waals surface area contributed by atoms with Crippen molar-refractivity contribution in [2.24, 2.45) is 0 Å². The Kier molecular flexibility index (Phi) is 3.83. The summed E-state index contributed by atoms with van der Waals surface area (Å²) in [5, 5.41) is 12.1. The van der Waals surface area contributed by atoms with Crippen molar-refractivity contribution in [3.8, 4) is 11.8 Å². The highest BCUT2D eigenvalue weighted by molar-refractivity contribution is 5.50. The van der Waals surface area contributed by atoms with E-state index in [-0.39, 0.29) is 0 Å². The number of ether oxygens (including phenoxy) is 1. The Hall–Kier alpha value is -2.47. The van der Waals surface area contributed by atoms with Gasteiger partial charge in [0, 0.05) is 17.8 Å². The fourth-order valence-corrected chi connectivity index (χ4v) is 1.74. The van der Waals surface area contributed by atoms with E-state index in [0.29, 0.717) is 12.1 Å². The number of para-hydroxylation sites is 1. The van der Waals surface area contributed by atoms with E-state index in [1.807, 2.05) is 42.5 Å². The molecule has 0 amide bonds. The summed E-state index contributed by atoms with van der Waals surface area (Å²) in [6.45, 7) is 0.666. The van der Waals surface area contributed by atoms with Crippen molar-refractivity contribution in [3.63, 3.8) is 0 Å². The summed E-state index contributed by atoms with van der Waals surface area (Å²) >= 11 is 0. The highest BCUT2D eigenvalue weighted by atomic mass is 16.5. The third-order valence-electron chi connectivity index (χ3n) is 2.67. The van der Waals surface area contributed by atoms with E-state index in [0.717, 1.165) is 17.0 Å². The van der Waals surface area contributed by atoms with Crippen LogP contribution in [0.3, 0.4) is 0 Å². The van der Waals surface area contributed by atoms with E-state index < -0.39 is 0 Å². The Morgan fingerprint density at radius 2 is 2.00 bits per heavy atom. The van der Waals surface area contributed by atoms with Gasteiger partial charge in [-0.1, -0.05) is 24.3 Å². The molecule has 0 aliphatic rings. The van der Waals surface area contributed by atoms with Crippen LogP contribution in [-0.2, 0) is 6.54 Å². The van der Waals surface area contributed by atoms with Crippen LogP contribution in [0.5, 0.6) is 5.75 Å². The normalized spacial score (nSPS) is 9.56. The van der Waals surface area contributed by atoms with Crippen molar-refractivity contribution >= 4 is 5.69 Å². The van der Waals surface area contributed by atoms with Gasteiger partial charge in [-0.05, 0) is 24.3 Å². The van der Waals surface area contributed by atoms with Gasteiger partial charge in [0.2, 0.25) is 0 Å². The number of hydrogen-bond donors (Lipinski definition) is 1. The van der Waals surface area contributed by atoms with Crippen LogP contribution in [0.2, 0.25) is 0 Å². The van der Waals surface area contributed by atoms with Crippen molar-refractivity contribution in [1.29, 1.82) is 5.26 Å². The first kappa shape index (κ1) is 12.0. The van der Waals surface area contributed by atoms with Crippen molar-refractivity contribution in [1.82, 2.24) is 0 Å².